The van der Waals surface area contributed by atoms with Crippen molar-refractivity contribution in [3.8, 4) is 0 Å². The highest BCUT2D eigenvalue weighted by molar-refractivity contribution is 7.33. The van der Waals surface area contributed by atoms with E-state index in [1.54, 1.807) is 0 Å². The van der Waals surface area contributed by atoms with Crippen LogP contribution >= 0.6 is 8.18 Å². The maximum atomic E-state index is 8.81. The molecule has 0 spiro atoms. The molecule has 0 fully saturated rings. The highest BCUT2D eigenvalue weighted by Gasteiger charge is 1.69. The third-order valence-electron chi connectivity index (χ3n) is 0. The summed E-state index contributed by atoms with van der Waals surface area (Å²) in [6, 6.07) is 0. The molecule has 2 N–H and O–H groups in total. The SMILES string of the molecule is CCC.N[P+](=O)[O-]. The molecule has 0 aliphatic carbocycles. The number of nitrogens with two attached hydrogens (primary N) is 1. The molecule has 0 radical (unpaired) electrons. The third-order valence-corrected chi connectivity index (χ3v) is 0. The zero-order valence-electron chi connectivity index (χ0n) is 4.55. The minimum absolute atomic E-state index is 1.25. The number of hydrogen-bond donors (Lipinski definition) is 1. The molecule has 4 heteroatoms. The van der Waals surface area contributed by atoms with Gasteiger partial charge in [0, 0.05) is 0 Å². The van der Waals surface area contributed by atoms with Crippen LogP contribution in [0.15, 0.2) is 0 Å². The molecule has 3 nitrogen and oxygen atoms in total. The van der Waals surface area contributed by atoms with Crippen molar-refractivity contribution in [3.63, 3.8) is 0 Å². The number of rotatable bonds is 0. The van der Waals surface area contributed by atoms with Crippen LogP contribution in [0.5, 0.6) is 0 Å². The molecule has 7 heavy (non-hydrogen) atoms. The van der Waals surface area contributed by atoms with E-state index in [1.807, 2.05) is 0 Å². The van der Waals surface area contributed by atoms with Crippen molar-refractivity contribution in [1.82, 2.24) is 0 Å². The molecule has 0 amide bonds. The fraction of sp³-hybridized carbons (Fsp3) is 1.00. The monoisotopic (exact) mass is 123 g/mol. The third kappa shape index (κ3) is 243000. The van der Waals surface area contributed by atoms with Crippen LogP contribution in [-0.2, 0) is 4.57 Å². The summed E-state index contributed by atoms with van der Waals surface area (Å²) in [4.78, 5) is 8.81. The largest absolute Gasteiger partial charge is 0.578 e. The first-order valence-electron chi connectivity index (χ1n) is 2.04. The first-order chi connectivity index (χ1) is 3.15. The summed E-state index contributed by atoms with van der Waals surface area (Å²) in [5.41, 5.74) is 4.06. The second-order valence-corrected chi connectivity index (χ2v) is 1.56. The molecule has 0 aromatic carbocycles. The van der Waals surface area contributed by atoms with E-state index < -0.39 is 8.18 Å². The number of hydrogen-bond acceptors (Lipinski definition) is 2. The molecule has 0 aliphatic heterocycles. The highest BCUT2D eigenvalue weighted by atomic mass is 31.1. The second kappa shape index (κ2) is 9.39. The molecule has 1 atom stereocenters. The maximum absolute atomic E-state index is 8.81. The minimum Gasteiger partial charge on any atom is -0.578 e. The molecule has 0 rings (SSSR count). The summed E-state index contributed by atoms with van der Waals surface area (Å²) in [6.07, 6.45) is 1.25. The van der Waals surface area contributed by atoms with E-state index in [0.717, 1.165) is 0 Å². The van der Waals surface area contributed by atoms with E-state index in [-0.39, 0.29) is 0 Å². The summed E-state index contributed by atoms with van der Waals surface area (Å²) >= 11 is 0. The highest BCUT2D eigenvalue weighted by Crippen LogP contribution is 1.81. The lowest BCUT2D eigenvalue weighted by atomic mass is 10.6. The van der Waals surface area contributed by atoms with Gasteiger partial charge < -0.3 is 4.89 Å². The summed E-state index contributed by atoms with van der Waals surface area (Å²) in [5, 5.41) is 0. The van der Waals surface area contributed by atoms with Gasteiger partial charge in [0.15, 0.2) is 0 Å². The van der Waals surface area contributed by atoms with E-state index in [0.29, 0.717) is 0 Å². The Bertz CT molecular complexity index is 44.2. The molecule has 0 saturated heterocycles. The van der Waals surface area contributed by atoms with Gasteiger partial charge in [-0.3, -0.25) is 0 Å². The Labute approximate surface area is 44.5 Å². The van der Waals surface area contributed by atoms with Crippen LogP contribution in [-0.4, -0.2) is 0 Å². The van der Waals surface area contributed by atoms with Gasteiger partial charge in [0.1, 0.15) is 0 Å². The van der Waals surface area contributed by atoms with Crippen LogP contribution in [0.25, 0.3) is 0 Å². The Kier molecular flexibility index (Phi) is 13.5. The molecular formula is C3H10NO2P. The Balaban J connectivity index is 0. The van der Waals surface area contributed by atoms with Crippen LogP contribution in [0, 0.1) is 0 Å². The first-order valence-corrected chi connectivity index (χ1v) is 3.28. The molecule has 0 aromatic heterocycles. The first kappa shape index (κ1) is 10.1. The Morgan fingerprint density at radius 3 is 1.71 bits per heavy atom. The fourth-order valence-corrected chi connectivity index (χ4v) is 0. The molecule has 0 aromatic rings. The molecule has 0 heterocycles. The Morgan fingerprint density at radius 1 is 1.71 bits per heavy atom. The van der Waals surface area contributed by atoms with E-state index in [2.05, 4.69) is 19.4 Å². The van der Waals surface area contributed by atoms with Crippen molar-refractivity contribution in [3.05, 3.63) is 0 Å². The van der Waals surface area contributed by atoms with Crippen molar-refractivity contribution >= 4 is 8.18 Å². The standard InChI is InChI=1S/C3H8.H2NO2P/c1-3-2;1-4(2)3/h3H2,1-2H3;(H2,1,2,3). The summed E-state index contributed by atoms with van der Waals surface area (Å²) in [5.74, 6) is 0. The van der Waals surface area contributed by atoms with Crippen molar-refractivity contribution in [2.45, 2.75) is 20.3 Å². The van der Waals surface area contributed by atoms with E-state index in [4.69, 9.17) is 9.46 Å². The lowest BCUT2D eigenvalue weighted by molar-refractivity contribution is -0.164. The van der Waals surface area contributed by atoms with Gasteiger partial charge in [-0.25, -0.2) is 0 Å². The van der Waals surface area contributed by atoms with Crippen molar-refractivity contribution in [1.29, 1.82) is 0 Å². The predicted molar refractivity (Wildman–Crippen MR) is 27.8 cm³/mol. The maximum Gasteiger partial charge on any atom is 0.405 e. The topological polar surface area (TPSA) is 66.2 Å². The Hall–Kier alpha value is 0.0200. The molecule has 0 saturated carbocycles. The summed E-state index contributed by atoms with van der Waals surface area (Å²) < 4.78 is 8.81. The normalized spacial score (nSPS) is 8.86. The van der Waals surface area contributed by atoms with Gasteiger partial charge in [0.25, 0.3) is 0 Å². The zero-order valence-corrected chi connectivity index (χ0v) is 5.44. The van der Waals surface area contributed by atoms with Gasteiger partial charge in [0.2, 0.25) is 0 Å². The minimum atomic E-state index is -2.62. The van der Waals surface area contributed by atoms with Crippen molar-refractivity contribution in [2.24, 2.45) is 5.50 Å². The quantitative estimate of drug-likeness (QED) is 0.473. The molecule has 1 unspecified atom stereocenters. The van der Waals surface area contributed by atoms with Gasteiger partial charge in [-0.1, -0.05) is 24.8 Å². The van der Waals surface area contributed by atoms with Crippen LogP contribution in [0.3, 0.4) is 0 Å². The van der Waals surface area contributed by atoms with E-state index in [1.165, 1.54) is 6.42 Å². The van der Waals surface area contributed by atoms with Crippen LogP contribution in [0.4, 0.5) is 0 Å². The van der Waals surface area contributed by atoms with E-state index >= 15 is 0 Å². The molecule has 44 valence electrons. The lowest BCUT2D eigenvalue weighted by Gasteiger charge is -1.59. The van der Waals surface area contributed by atoms with Crippen LogP contribution in [0.1, 0.15) is 20.3 Å². The fourth-order valence-electron chi connectivity index (χ4n) is 0. The zero-order chi connectivity index (χ0) is 6.28. The molecular weight excluding hydrogens is 113 g/mol. The Morgan fingerprint density at radius 2 is 1.71 bits per heavy atom. The van der Waals surface area contributed by atoms with Gasteiger partial charge in [0.05, 0.1) is 0 Å². The van der Waals surface area contributed by atoms with Crippen LogP contribution in [0.2, 0.25) is 0 Å². The molecule has 0 bridgehead atoms. The van der Waals surface area contributed by atoms with Gasteiger partial charge >= 0.3 is 8.18 Å². The van der Waals surface area contributed by atoms with Crippen molar-refractivity contribution in [2.75, 3.05) is 0 Å². The molecule has 0 aliphatic rings. The average molecular weight is 123 g/mol. The van der Waals surface area contributed by atoms with Crippen LogP contribution < -0.4 is 10.4 Å². The average Bonchev–Trinajstić information content (AvgIpc) is 1.33. The van der Waals surface area contributed by atoms with Gasteiger partial charge in [-0.15, -0.1) is 5.50 Å². The summed E-state index contributed by atoms with van der Waals surface area (Å²) in [7, 11) is -2.62. The van der Waals surface area contributed by atoms with Gasteiger partial charge in [-0.2, -0.15) is 0 Å². The lowest BCUT2D eigenvalue weighted by Crippen LogP contribution is -1.91. The van der Waals surface area contributed by atoms with Gasteiger partial charge in [-0.05, 0) is 0 Å². The second-order valence-electron chi connectivity index (χ2n) is 0.992. The predicted octanol–water partition coefficient (Wildman–Crippen LogP) is 0.379. The summed E-state index contributed by atoms with van der Waals surface area (Å²) in [6.45, 7) is 4.25. The smallest absolute Gasteiger partial charge is 0.405 e. The van der Waals surface area contributed by atoms with E-state index in [9.17, 15) is 0 Å². The van der Waals surface area contributed by atoms with Crippen molar-refractivity contribution < 1.29 is 9.46 Å².